The third kappa shape index (κ3) is 2.62. The number of anilines is 1. The Kier molecular flexibility index (Phi) is 3.26. The van der Waals surface area contributed by atoms with Gasteiger partial charge in [-0.25, -0.2) is 14.6 Å². The number of fused-ring (bicyclic) bond motifs is 1. The molecule has 2 heterocycles. The Morgan fingerprint density at radius 2 is 2.09 bits per heavy atom. The second-order valence-electron chi connectivity index (χ2n) is 4.62. The molecule has 2 aromatic heterocycles. The Bertz CT molecular complexity index is 913. The average Bonchev–Trinajstić information content (AvgIpc) is 2.82. The van der Waals surface area contributed by atoms with Gasteiger partial charge in [-0.05, 0) is 30.7 Å². The monoisotopic (exact) mass is 300 g/mol. The third-order valence-electron chi connectivity index (χ3n) is 3.03. The van der Waals surface area contributed by atoms with Gasteiger partial charge in [-0.3, -0.25) is 10.3 Å². The van der Waals surface area contributed by atoms with Crippen LogP contribution in [0.1, 0.15) is 5.56 Å². The molecule has 0 aliphatic heterocycles. The number of aromatic amines is 2. The lowest BCUT2D eigenvalue weighted by molar-refractivity contribution is 0.209. The van der Waals surface area contributed by atoms with Crippen LogP contribution in [0.2, 0.25) is 0 Å². The van der Waals surface area contributed by atoms with Gasteiger partial charge in [0.15, 0.2) is 11.4 Å². The molecular weight excluding hydrogens is 288 g/mol. The second-order valence-corrected chi connectivity index (χ2v) is 4.62. The summed E-state index contributed by atoms with van der Waals surface area (Å²) in [6.07, 6.45) is 0.394. The van der Waals surface area contributed by atoms with Crippen molar-refractivity contribution < 1.29 is 14.6 Å². The van der Waals surface area contributed by atoms with Gasteiger partial charge in [0.1, 0.15) is 11.3 Å². The maximum atomic E-state index is 11.3. The number of imidazole rings is 1. The number of benzene rings is 1. The highest BCUT2D eigenvalue weighted by molar-refractivity contribution is 5.83. The number of aromatic nitrogens is 3. The number of nitrogens with zero attached hydrogens (tertiary/aromatic N) is 1. The molecule has 0 fully saturated rings. The summed E-state index contributed by atoms with van der Waals surface area (Å²) in [7, 11) is 0. The van der Waals surface area contributed by atoms with Gasteiger partial charge in [-0.15, -0.1) is 0 Å². The van der Waals surface area contributed by atoms with Gasteiger partial charge >= 0.3 is 11.8 Å². The molecule has 0 saturated carbocycles. The van der Waals surface area contributed by atoms with E-state index in [1.165, 1.54) is 6.20 Å². The minimum Gasteiger partial charge on any atom is -0.465 e. The first-order valence-corrected chi connectivity index (χ1v) is 6.38. The molecule has 1 aromatic carbocycles. The highest BCUT2D eigenvalue weighted by Crippen LogP contribution is 2.30. The van der Waals surface area contributed by atoms with Crippen LogP contribution in [-0.2, 0) is 0 Å². The second kappa shape index (κ2) is 5.24. The Balaban J connectivity index is 1.95. The van der Waals surface area contributed by atoms with E-state index in [0.29, 0.717) is 28.4 Å². The molecule has 8 heteroatoms. The van der Waals surface area contributed by atoms with Gasteiger partial charge in [0.2, 0.25) is 0 Å². The maximum absolute atomic E-state index is 11.3. The average molecular weight is 300 g/mol. The molecule has 0 aliphatic rings. The van der Waals surface area contributed by atoms with E-state index in [1.807, 2.05) is 0 Å². The molecule has 8 nitrogen and oxygen atoms in total. The number of ether oxygens (including phenoxy) is 1. The quantitative estimate of drug-likeness (QED) is 0.592. The predicted octanol–water partition coefficient (Wildman–Crippen LogP) is 2.44. The molecule has 0 atom stereocenters. The van der Waals surface area contributed by atoms with Crippen molar-refractivity contribution in [1.29, 1.82) is 0 Å². The summed E-state index contributed by atoms with van der Waals surface area (Å²) in [5.74, 6) is 0.996. The number of nitrogens with one attached hydrogen (secondary N) is 3. The van der Waals surface area contributed by atoms with Gasteiger partial charge < -0.3 is 14.8 Å². The van der Waals surface area contributed by atoms with Crippen molar-refractivity contribution >= 4 is 22.9 Å². The predicted molar refractivity (Wildman–Crippen MR) is 79.6 cm³/mol. The number of carboxylic acid groups (broad SMARTS) is 1. The summed E-state index contributed by atoms with van der Waals surface area (Å²) in [4.78, 5) is 31.2. The summed E-state index contributed by atoms with van der Waals surface area (Å²) in [6.45, 7) is 1.79. The van der Waals surface area contributed by atoms with Crippen molar-refractivity contribution in [3.63, 3.8) is 0 Å². The van der Waals surface area contributed by atoms with E-state index in [1.54, 1.807) is 31.2 Å². The molecule has 112 valence electrons. The summed E-state index contributed by atoms with van der Waals surface area (Å²) >= 11 is 0. The zero-order valence-electron chi connectivity index (χ0n) is 11.5. The number of rotatable bonds is 3. The largest absolute Gasteiger partial charge is 0.465 e. The molecule has 4 N–H and O–H groups in total. The molecule has 3 rings (SSSR count). The molecule has 0 radical (unpaired) electrons. The molecule has 0 bridgehead atoms. The standard InChI is InChI=1S/C14H12N4O4/c1-7-6-8(16-14(20)21)2-3-9(7)22-10-4-5-15-12-11(10)17-13(19)18-12/h2-6,16H,1H3,(H,20,21)(H2,15,17,18,19). The van der Waals surface area contributed by atoms with E-state index >= 15 is 0 Å². The van der Waals surface area contributed by atoms with Gasteiger partial charge in [-0.2, -0.15) is 0 Å². The minimum absolute atomic E-state index is 0.365. The molecule has 0 spiro atoms. The fourth-order valence-corrected chi connectivity index (χ4v) is 2.08. The van der Waals surface area contributed by atoms with E-state index in [-0.39, 0.29) is 5.69 Å². The summed E-state index contributed by atoms with van der Waals surface area (Å²) in [5, 5.41) is 11.0. The van der Waals surface area contributed by atoms with E-state index in [9.17, 15) is 9.59 Å². The summed E-state index contributed by atoms with van der Waals surface area (Å²) in [5.41, 5.74) is 1.71. The first kappa shape index (κ1) is 13.7. The first-order valence-electron chi connectivity index (χ1n) is 6.38. The number of hydrogen-bond donors (Lipinski definition) is 4. The van der Waals surface area contributed by atoms with Crippen LogP contribution < -0.4 is 15.7 Å². The van der Waals surface area contributed by atoms with E-state index in [4.69, 9.17) is 9.84 Å². The van der Waals surface area contributed by atoms with Crippen LogP contribution in [0, 0.1) is 6.92 Å². The fraction of sp³-hybridized carbons (Fsp3) is 0.0714. The Morgan fingerprint density at radius 1 is 1.27 bits per heavy atom. The molecule has 1 amide bonds. The van der Waals surface area contributed by atoms with Crippen molar-refractivity contribution in [2.45, 2.75) is 6.92 Å². The number of aryl methyl sites for hydroxylation is 1. The molecule has 0 saturated heterocycles. The number of amides is 1. The number of hydrogen-bond acceptors (Lipinski definition) is 4. The lowest BCUT2D eigenvalue weighted by Gasteiger charge is -2.10. The van der Waals surface area contributed by atoms with Crippen LogP contribution in [-0.4, -0.2) is 26.2 Å². The smallest absolute Gasteiger partial charge is 0.409 e. The lowest BCUT2D eigenvalue weighted by Crippen LogP contribution is -2.07. The molecule has 3 aromatic rings. The molecule has 0 aliphatic carbocycles. The van der Waals surface area contributed by atoms with Gasteiger partial charge in [0.25, 0.3) is 0 Å². The Hall–Kier alpha value is -3.29. The van der Waals surface area contributed by atoms with Crippen molar-refractivity contribution in [3.05, 3.63) is 46.5 Å². The van der Waals surface area contributed by atoms with Crippen LogP contribution in [0.15, 0.2) is 35.3 Å². The zero-order chi connectivity index (χ0) is 15.7. The molecular formula is C14H12N4O4. The SMILES string of the molecule is Cc1cc(NC(=O)O)ccc1Oc1ccnc2[nH]c(=O)[nH]c12. The zero-order valence-corrected chi connectivity index (χ0v) is 11.5. The van der Waals surface area contributed by atoms with E-state index in [0.717, 1.165) is 5.56 Å². The highest BCUT2D eigenvalue weighted by Gasteiger charge is 2.10. The van der Waals surface area contributed by atoms with Crippen molar-refractivity contribution in [1.82, 2.24) is 15.0 Å². The minimum atomic E-state index is -1.13. The van der Waals surface area contributed by atoms with Crippen molar-refractivity contribution in [2.24, 2.45) is 0 Å². The van der Waals surface area contributed by atoms with Crippen LogP contribution in [0.25, 0.3) is 11.2 Å². The topological polar surface area (TPSA) is 120 Å². The number of carbonyl (C=O) groups is 1. The van der Waals surface area contributed by atoms with Crippen LogP contribution in [0.4, 0.5) is 10.5 Å². The molecule has 22 heavy (non-hydrogen) atoms. The van der Waals surface area contributed by atoms with Crippen molar-refractivity contribution in [3.8, 4) is 11.5 Å². The maximum Gasteiger partial charge on any atom is 0.409 e. The highest BCUT2D eigenvalue weighted by atomic mass is 16.5. The van der Waals surface area contributed by atoms with Gasteiger partial charge in [0.05, 0.1) is 0 Å². The van der Waals surface area contributed by atoms with Crippen LogP contribution in [0.5, 0.6) is 11.5 Å². The summed E-state index contributed by atoms with van der Waals surface area (Å²) < 4.78 is 5.79. The first-order chi connectivity index (χ1) is 10.5. The summed E-state index contributed by atoms with van der Waals surface area (Å²) in [6, 6.07) is 6.53. The Morgan fingerprint density at radius 3 is 2.82 bits per heavy atom. The van der Waals surface area contributed by atoms with E-state index < -0.39 is 6.09 Å². The van der Waals surface area contributed by atoms with Gasteiger partial charge in [-0.1, -0.05) is 0 Å². The fourth-order valence-electron chi connectivity index (χ4n) is 2.08. The molecule has 0 unspecified atom stereocenters. The van der Waals surface area contributed by atoms with Crippen molar-refractivity contribution in [2.75, 3.05) is 5.32 Å². The number of pyridine rings is 1. The van der Waals surface area contributed by atoms with E-state index in [2.05, 4.69) is 20.3 Å². The normalized spacial score (nSPS) is 10.6. The van der Waals surface area contributed by atoms with Crippen LogP contribution in [0.3, 0.4) is 0 Å². The lowest BCUT2D eigenvalue weighted by atomic mass is 10.2. The number of H-pyrrole nitrogens is 2. The Labute approximate surface area is 123 Å². The third-order valence-corrected chi connectivity index (χ3v) is 3.03. The van der Waals surface area contributed by atoms with Crippen LogP contribution >= 0.6 is 0 Å². The van der Waals surface area contributed by atoms with Gasteiger partial charge in [0, 0.05) is 18.0 Å².